The summed E-state index contributed by atoms with van der Waals surface area (Å²) in [6.45, 7) is 2.45. The number of nitrogens with one attached hydrogen (secondary N) is 1. The quantitative estimate of drug-likeness (QED) is 0.895. The lowest BCUT2D eigenvalue weighted by atomic mass is 9.86. The zero-order valence-corrected chi connectivity index (χ0v) is 13.4. The second-order valence-corrected chi connectivity index (χ2v) is 6.24. The third-order valence-electron chi connectivity index (χ3n) is 4.23. The summed E-state index contributed by atoms with van der Waals surface area (Å²) in [6.07, 6.45) is 3.74. The van der Waals surface area contributed by atoms with Crippen molar-refractivity contribution in [3.05, 3.63) is 28.8 Å². The summed E-state index contributed by atoms with van der Waals surface area (Å²) >= 11 is 6.05. The fourth-order valence-corrected chi connectivity index (χ4v) is 2.96. The van der Waals surface area contributed by atoms with E-state index in [1.54, 1.807) is 18.0 Å². The lowest BCUT2D eigenvalue weighted by Crippen LogP contribution is -2.40. The van der Waals surface area contributed by atoms with E-state index in [1.165, 1.54) is 0 Å². The number of aliphatic hydroxyl groups is 1. The molecule has 2 amide bonds. The number of aliphatic hydroxyl groups excluding tert-OH is 1. The highest BCUT2D eigenvalue weighted by atomic mass is 35.5. The Hall–Kier alpha value is -1.26. The maximum Gasteiger partial charge on any atom is 0.321 e. The van der Waals surface area contributed by atoms with Gasteiger partial charge in [-0.1, -0.05) is 30.5 Å². The molecule has 1 aromatic rings. The van der Waals surface area contributed by atoms with Crippen molar-refractivity contribution in [2.24, 2.45) is 5.92 Å². The maximum absolute atomic E-state index is 12.2. The minimum Gasteiger partial charge on any atom is -0.393 e. The molecule has 1 saturated carbocycles. The number of anilines is 1. The average molecular weight is 311 g/mol. The minimum absolute atomic E-state index is 0.168. The molecule has 1 fully saturated rings. The van der Waals surface area contributed by atoms with E-state index in [0.717, 1.165) is 36.9 Å². The molecule has 2 unspecified atom stereocenters. The predicted molar refractivity (Wildman–Crippen MR) is 85.8 cm³/mol. The molecule has 4 nitrogen and oxygen atoms in total. The molecule has 2 N–H and O–H groups in total. The Morgan fingerprint density at radius 3 is 2.86 bits per heavy atom. The molecule has 1 aliphatic carbocycles. The molecule has 0 heterocycles. The van der Waals surface area contributed by atoms with Crippen molar-refractivity contribution in [1.29, 1.82) is 0 Å². The Kier molecular flexibility index (Phi) is 5.48. The van der Waals surface area contributed by atoms with Crippen LogP contribution in [-0.2, 0) is 0 Å². The van der Waals surface area contributed by atoms with E-state index in [0.29, 0.717) is 11.6 Å². The van der Waals surface area contributed by atoms with Gasteiger partial charge in [0, 0.05) is 30.2 Å². The van der Waals surface area contributed by atoms with Crippen LogP contribution >= 0.6 is 11.6 Å². The highest BCUT2D eigenvalue weighted by molar-refractivity contribution is 6.31. The van der Waals surface area contributed by atoms with Crippen molar-refractivity contribution < 1.29 is 9.90 Å². The summed E-state index contributed by atoms with van der Waals surface area (Å²) in [5.74, 6) is 0.176. The summed E-state index contributed by atoms with van der Waals surface area (Å²) in [5, 5.41) is 13.5. The number of carbonyl (C=O) groups is 1. The summed E-state index contributed by atoms with van der Waals surface area (Å²) in [6, 6.07) is 5.28. The Balaban J connectivity index is 1.94. The normalized spacial score (nSPS) is 21.9. The van der Waals surface area contributed by atoms with E-state index < -0.39 is 0 Å². The Morgan fingerprint density at radius 1 is 1.43 bits per heavy atom. The highest BCUT2D eigenvalue weighted by Gasteiger charge is 2.25. The topological polar surface area (TPSA) is 52.6 Å². The van der Waals surface area contributed by atoms with E-state index in [2.05, 4.69) is 5.32 Å². The van der Waals surface area contributed by atoms with Gasteiger partial charge in [0.1, 0.15) is 0 Å². The zero-order valence-electron chi connectivity index (χ0n) is 12.6. The van der Waals surface area contributed by atoms with Crippen LogP contribution in [0.2, 0.25) is 5.02 Å². The van der Waals surface area contributed by atoms with E-state index in [-0.39, 0.29) is 18.1 Å². The molecule has 0 spiro atoms. The van der Waals surface area contributed by atoms with Crippen molar-refractivity contribution >= 4 is 23.3 Å². The van der Waals surface area contributed by atoms with Gasteiger partial charge in [-0.2, -0.15) is 0 Å². The number of urea groups is 1. The number of benzene rings is 1. The molecular formula is C16H23ClN2O2. The van der Waals surface area contributed by atoms with Gasteiger partial charge in [-0.05, 0) is 37.5 Å². The average Bonchev–Trinajstić information content (AvgIpc) is 2.46. The van der Waals surface area contributed by atoms with Gasteiger partial charge in [0.05, 0.1) is 6.10 Å². The predicted octanol–water partition coefficient (Wildman–Crippen LogP) is 3.66. The van der Waals surface area contributed by atoms with Crippen LogP contribution in [0.15, 0.2) is 18.2 Å². The van der Waals surface area contributed by atoms with Crippen LogP contribution in [0.5, 0.6) is 0 Å². The molecule has 5 heteroatoms. The molecule has 0 radical (unpaired) electrons. The van der Waals surface area contributed by atoms with E-state index in [1.807, 2.05) is 19.1 Å². The minimum atomic E-state index is -0.290. The first kappa shape index (κ1) is 16.1. The van der Waals surface area contributed by atoms with Gasteiger partial charge in [0.2, 0.25) is 0 Å². The lowest BCUT2D eigenvalue weighted by Gasteiger charge is -2.31. The zero-order chi connectivity index (χ0) is 15.4. The third kappa shape index (κ3) is 4.11. The number of nitrogens with zero attached hydrogens (tertiary/aromatic N) is 1. The summed E-state index contributed by atoms with van der Waals surface area (Å²) in [4.78, 5) is 13.9. The first-order chi connectivity index (χ1) is 9.99. The largest absolute Gasteiger partial charge is 0.393 e. The van der Waals surface area contributed by atoms with Crippen molar-refractivity contribution in [1.82, 2.24) is 4.90 Å². The molecule has 1 aromatic carbocycles. The van der Waals surface area contributed by atoms with Gasteiger partial charge in [-0.15, -0.1) is 0 Å². The first-order valence-electron chi connectivity index (χ1n) is 7.44. The number of halogens is 1. The summed E-state index contributed by atoms with van der Waals surface area (Å²) < 4.78 is 0. The SMILES string of the molecule is Cc1c(Cl)cccc1NC(=O)N(C)CC1CCCCC1O. The van der Waals surface area contributed by atoms with Crippen LogP contribution in [0, 0.1) is 12.8 Å². The Bertz CT molecular complexity index is 507. The number of rotatable bonds is 3. The smallest absolute Gasteiger partial charge is 0.321 e. The van der Waals surface area contributed by atoms with Gasteiger partial charge < -0.3 is 15.3 Å². The van der Waals surface area contributed by atoms with Crippen LogP contribution in [0.1, 0.15) is 31.2 Å². The van der Waals surface area contributed by atoms with Crippen molar-refractivity contribution in [3.63, 3.8) is 0 Å². The van der Waals surface area contributed by atoms with Crippen LogP contribution < -0.4 is 5.32 Å². The van der Waals surface area contributed by atoms with E-state index in [9.17, 15) is 9.90 Å². The fraction of sp³-hybridized carbons (Fsp3) is 0.562. The van der Waals surface area contributed by atoms with Crippen LogP contribution in [0.3, 0.4) is 0 Å². The molecule has 1 aliphatic rings. The number of amides is 2. The monoisotopic (exact) mass is 310 g/mol. The molecule has 21 heavy (non-hydrogen) atoms. The van der Waals surface area contributed by atoms with Crippen LogP contribution in [-0.4, -0.2) is 35.7 Å². The second-order valence-electron chi connectivity index (χ2n) is 5.83. The molecule has 0 saturated heterocycles. The first-order valence-corrected chi connectivity index (χ1v) is 7.82. The number of hydrogen-bond acceptors (Lipinski definition) is 2. The van der Waals surface area contributed by atoms with Gasteiger partial charge in [0.25, 0.3) is 0 Å². The second kappa shape index (κ2) is 7.14. The summed E-state index contributed by atoms with van der Waals surface area (Å²) in [5.41, 5.74) is 1.59. The Morgan fingerprint density at radius 2 is 2.14 bits per heavy atom. The molecule has 0 aromatic heterocycles. The fourth-order valence-electron chi connectivity index (χ4n) is 2.79. The number of hydrogen-bond donors (Lipinski definition) is 2. The van der Waals surface area contributed by atoms with Gasteiger partial charge in [-0.25, -0.2) is 4.79 Å². The van der Waals surface area contributed by atoms with E-state index in [4.69, 9.17) is 11.6 Å². The van der Waals surface area contributed by atoms with Gasteiger partial charge in [-0.3, -0.25) is 0 Å². The lowest BCUT2D eigenvalue weighted by molar-refractivity contribution is 0.0575. The van der Waals surface area contributed by atoms with Gasteiger partial charge >= 0.3 is 6.03 Å². The van der Waals surface area contributed by atoms with Crippen LogP contribution in [0.4, 0.5) is 10.5 Å². The molecule has 2 atom stereocenters. The number of carbonyl (C=O) groups excluding carboxylic acids is 1. The maximum atomic E-state index is 12.2. The van der Waals surface area contributed by atoms with Crippen molar-refractivity contribution in [2.75, 3.05) is 18.9 Å². The van der Waals surface area contributed by atoms with Crippen LogP contribution in [0.25, 0.3) is 0 Å². The van der Waals surface area contributed by atoms with Crippen molar-refractivity contribution in [3.8, 4) is 0 Å². The molecular weight excluding hydrogens is 288 g/mol. The Labute approximate surface area is 131 Å². The van der Waals surface area contributed by atoms with E-state index >= 15 is 0 Å². The molecule has 0 bridgehead atoms. The van der Waals surface area contributed by atoms with Crippen molar-refractivity contribution in [2.45, 2.75) is 38.7 Å². The van der Waals surface area contributed by atoms with Gasteiger partial charge in [0.15, 0.2) is 0 Å². The molecule has 116 valence electrons. The third-order valence-corrected chi connectivity index (χ3v) is 4.64. The standard InChI is InChI=1S/C16H23ClN2O2/c1-11-13(17)7-5-8-14(11)18-16(21)19(2)10-12-6-3-4-9-15(12)20/h5,7-8,12,15,20H,3-4,6,9-10H2,1-2H3,(H,18,21). The molecule has 2 rings (SSSR count). The highest BCUT2D eigenvalue weighted by Crippen LogP contribution is 2.26. The summed E-state index contributed by atoms with van der Waals surface area (Å²) in [7, 11) is 1.76. The molecule has 0 aliphatic heterocycles.